The maximum atomic E-state index is 12.6. The zero-order valence-corrected chi connectivity index (χ0v) is 19.5. The van der Waals surface area contributed by atoms with Crippen molar-refractivity contribution in [3.8, 4) is 0 Å². The van der Waals surface area contributed by atoms with Crippen molar-refractivity contribution in [3.63, 3.8) is 0 Å². The number of benzene rings is 2. The monoisotopic (exact) mass is 489 g/mol. The number of nitrogens with zero attached hydrogens (tertiary/aromatic N) is 3. The highest BCUT2D eigenvalue weighted by molar-refractivity contribution is 7.99. The Morgan fingerprint density at radius 1 is 1.12 bits per heavy atom. The van der Waals surface area contributed by atoms with Gasteiger partial charge >= 0.3 is 0 Å². The van der Waals surface area contributed by atoms with Crippen LogP contribution in [0.1, 0.15) is 29.1 Å². The SMILES string of the molecule is C=CCn1c(SCC(=O)Nc2ccccc2Cl)nnc1[C@@H](C)NC(=O)c1ccccc1Cl. The lowest BCUT2D eigenvalue weighted by Gasteiger charge is -2.15. The number of aromatic nitrogens is 3. The number of hydrogen-bond donors (Lipinski definition) is 2. The number of amides is 2. The molecule has 0 unspecified atom stereocenters. The van der Waals surface area contributed by atoms with Crippen LogP contribution < -0.4 is 10.6 Å². The molecule has 3 aromatic rings. The summed E-state index contributed by atoms with van der Waals surface area (Å²) in [5.41, 5.74) is 0.922. The van der Waals surface area contributed by atoms with Gasteiger partial charge in [0, 0.05) is 6.54 Å². The molecule has 0 aliphatic heterocycles. The van der Waals surface area contributed by atoms with Gasteiger partial charge in [0.25, 0.3) is 5.91 Å². The zero-order chi connectivity index (χ0) is 23.1. The van der Waals surface area contributed by atoms with Gasteiger partial charge in [-0.25, -0.2) is 0 Å². The van der Waals surface area contributed by atoms with Crippen molar-refractivity contribution >= 4 is 52.5 Å². The topological polar surface area (TPSA) is 88.9 Å². The Hall–Kier alpha value is -2.81. The maximum Gasteiger partial charge on any atom is 0.253 e. The number of allylic oxidation sites excluding steroid dienone is 1. The van der Waals surface area contributed by atoms with Gasteiger partial charge in [0.15, 0.2) is 11.0 Å². The van der Waals surface area contributed by atoms with Gasteiger partial charge in [-0.1, -0.05) is 65.3 Å². The van der Waals surface area contributed by atoms with Gasteiger partial charge in [-0.2, -0.15) is 0 Å². The lowest BCUT2D eigenvalue weighted by atomic mass is 10.2. The van der Waals surface area contributed by atoms with Crippen LogP contribution in [-0.2, 0) is 11.3 Å². The highest BCUT2D eigenvalue weighted by Crippen LogP contribution is 2.24. The predicted molar refractivity (Wildman–Crippen MR) is 128 cm³/mol. The summed E-state index contributed by atoms with van der Waals surface area (Å²) < 4.78 is 1.80. The molecule has 1 heterocycles. The Morgan fingerprint density at radius 2 is 1.81 bits per heavy atom. The zero-order valence-electron chi connectivity index (χ0n) is 17.2. The molecular formula is C22H21Cl2N5O2S. The first-order valence-corrected chi connectivity index (χ1v) is 11.4. The van der Waals surface area contributed by atoms with Gasteiger partial charge < -0.3 is 15.2 Å². The number of rotatable bonds is 9. The molecule has 1 aromatic heterocycles. The summed E-state index contributed by atoms with van der Waals surface area (Å²) in [7, 11) is 0. The van der Waals surface area contributed by atoms with Crippen molar-refractivity contribution in [2.24, 2.45) is 0 Å². The molecular weight excluding hydrogens is 469 g/mol. The molecule has 3 rings (SSSR count). The Labute approximate surface area is 200 Å². The van der Waals surface area contributed by atoms with E-state index in [4.69, 9.17) is 23.2 Å². The predicted octanol–water partition coefficient (Wildman–Crippen LogP) is 4.99. The molecule has 0 aliphatic rings. The fourth-order valence-corrected chi connectivity index (χ4v) is 4.05. The largest absolute Gasteiger partial charge is 0.342 e. The van der Waals surface area contributed by atoms with E-state index in [1.54, 1.807) is 66.1 Å². The van der Waals surface area contributed by atoms with Gasteiger partial charge in [-0.15, -0.1) is 16.8 Å². The van der Waals surface area contributed by atoms with Crippen molar-refractivity contribution < 1.29 is 9.59 Å². The van der Waals surface area contributed by atoms with E-state index in [-0.39, 0.29) is 17.6 Å². The molecule has 32 heavy (non-hydrogen) atoms. The van der Waals surface area contributed by atoms with E-state index in [2.05, 4.69) is 27.4 Å². The van der Waals surface area contributed by atoms with E-state index >= 15 is 0 Å². The number of anilines is 1. The average molecular weight is 490 g/mol. The highest BCUT2D eigenvalue weighted by atomic mass is 35.5. The average Bonchev–Trinajstić information content (AvgIpc) is 3.17. The molecule has 0 fully saturated rings. The van der Waals surface area contributed by atoms with Crippen LogP contribution in [0.4, 0.5) is 5.69 Å². The lowest BCUT2D eigenvalue weighted by molar-refractivity contribution is -0.113. The highest BCUT2D eigenvalue weighted by Gasteiger charge is 2.21. The Kier molecular flexibility index (Phi) is 8.33. The number of para-hydroxylation sites is 1. The minimum Gasteiger partial charge on any atom is -0.342 e. The van der Waals surface area contributed by atoms with E-state index in [0.717, 1.165) is 0 Å². The van der Waals surface area contributed by atoms with Crippen molar-refractivity contribution in [2.45, 2.75) is 24.7 Å². The van der Waals surface area contributed by atoms with Crippen LogP contribution in [0.25, 0.3) is 0 Å². The fraction of sp³-hybridized carbons (Fsp3) is 0.182. The summed E-state index contributed by atoms with van der Waals surface area (Å²) in [6.45, 7) is 6.00. The summed E-state index contributed by atoms with van der Waals surface area (Å²) in [5, 5.41) is 15.4. The molecule has 0 saturated heterocycles. The van der Waals surface area contributed by atoms with Crippen molar-refractivity contribution in [2.75, 3.05) is 11.1 Å². The molecule has 0 aliphatic carbocycles. The molecule has 0 saturated carbocycles. The summed E-state index contributed by atoms with van der Waals surface area (Å²) in [6.07, 6.45) is 1.70. The lowest BCUT2D eigenvalue weighted by Crippen LogP contribution is -2.29. The molecule has 10 heteroatoms. The maximum absolute atomic E-state index is 12.6. The molecule has 1 atom stereocenters. The number of carbonyl (C=O) groups is 2. The molecule has 0 radical (unpaired) electrons. The van der Waals surface area contributed by atoms with Crippen LogP contribution in [-0.4, -0.2) is 32.3 Å². The van der Waals surface area contributed by atoms with Crippen molar-refractivity contribution in [1.82, 2.24) is 20.1 Å². The number of halogens is 2. The molecule has 166 valence electrons. The van der Waals surface area contributed by atoms with Crippen LogP contribution >= 0.6 is 35.0 Å². The molecule has 0 bridgehead atoms. The van der Waals surface area contributed by atoms with E-state index < -0.39 is 6.04 Å². The smallest absolute Gasteiger partial charge is 0.253 e. The second-order valence-corrected chi connectivity index (χ2v) is 8.49. The molecule has 0 spiro atoms. The Balaban J connectivity index is 1.68. The third kappa shape index (κ3) is 5.91. The third-order valence-electron chi connectivity index (χ3n) is 4.39. The number of carbonyl (C=O) groups excluding carboxylic acids is 2. The number of hydrogen-bond acceptors (Lipinski definition) is 5. The van der Waals surface area contributed by atoms with Crippen LogP contribution in [0.5, 0.6) is 0 Å². The molecule has 2 N–H and O–H groups in total. The van der Waals surface area contributed by atoms with Crippen molar-refractivity contribution in [1.29, 1.82) is 0 Å². The molecule has 7 nitrogen and oxygen atoms in total. The molecule has 2 aromatic carbocycles. The Morgan fingerprint density at radius 3 is 2.50 bits per heavy atom. The van der Waals surface area contributed by atoms with Crippen LogP contribution in [0.15, 0.2) is 66.3 Å². The van der Waals surface area contributed by atoms with E-state index in [0.29, 0.717) is 38.8 Å². The normalized spacial score (nSPS) is 11.6. The summed E-state index contributed by atoms with van der Waals surface area (Å²) in [4.78, 5) is 24.9. The standard InChI is InChI=1S/C22H21Cl2N5O2S/c1-3-12-29-20(14(2)25-21(31)15-8-4-5-9-16(15)23)27-28-22(29)32-13-19(30)26-18-11-7-6-10-17(18)24/h3-11,14H,1,12-13H2,2H3,(H,25,31)(H,26,30)/t14-/m1/s1. The Bertz CT molecular complexity index is 1140. The van der Waals surface area contributed by atoms with Crippen LogP contribution in [0, 0.1) is 0 Å². The van der Waals surface area contributed by atoms with Gasteiger partial charge in [0.05, 0.1) is 33.1 Å². The quantitative estimate of drug-likeness (QED) is 0.326. The minimum atomic E-state index is -0.447. The summed E-state index contributed by atoms with van der Waals surface area (Å²) in [6, 6.07) is 13.4. The van der Waals surface area contributed by atoms with Crippen LogP contribution in [0.2, 0.25) is 10.0 Å². The van der Waals surface area contributed by atoms with E-state index in [1.807, 2.05) is 0 Å². The summed E-state index contributed by atoms with van der Waals surface area (Å²) in [5.74, 6) is 0.114. The van der Waals surface area contributed by atoms with Gasteiger partial charge in [0.1, 0.15) is 0 Å². The fourth-order valence-electron chi connectivity index (χ4n) is 2.89. The third-order valence-corrected chi connectivity index (χ3v) is 6.02. The first-order valence-electron chi connectivity index (χ1n) is 9.67. The minimum absolute atomic E-state index is 0.112. The first-order chi connectivity index (χ1) is 15.4. The first kappa shape index (κ1) is 23.8. The van der Waals surface area contributed by atoms with E-state index in [9.17, 15) is 9.59 Å². The second kappa shape index (κ2) is 11.2. The second-order valence-electron chi connectivity index (χ2n) is 6.73. The van der Waals surface area contributed by atoms with Gasteiger partial charge in [-0.05, 0) is 31.2 Å². The van der Waals surface area contributed by atoms with Crippen molar-refractivity contribution in [3.05, 3.63) is 82.6 Å². The van der Waals surface area contributed by atoms with Gasteiger partial charge in [0.2, 0.25) is 5.91 Å². The summed E-state index contributed by atoms with van der Waals surface area (Å²) >= 11 is 13.4. The number of thioether (sulfide) groups is 1. The number of nitrogens with one attached hydrogen (secondary N) is 2. The van der Waals surface area contributed by atoms with Gasteiger partial charge in [-0.3, -0.25) is 9.59 Å². The molecule has 2 amide bonds. The van der Waals surface area contributed by atoms with Crippen LogP contribution in [0.3, 0.4) is 0 Å². The van der Waals surface area contributed by atoms with E-state index in [1.165, 1.54) is 11.8 Å².